The Morgan fingerprint density at radius 1 is 1.22 bits per heavy atom. The zero-order valence-corrected chi connectivity index (χ0v) is 20.5. The number of fused-ring (bicyclic) bond motifs is 1. The van der Waals surface area contributed by atoms with E-state index in [4.69, 9.17) is 0 Å². The molecule has 0 bridgehead atoms. The number of rotatable bonds is 6. The smallest absolute Gasteiger partial charge is 0.341 e. The van der Waals surface area contributed by atoms with Crippen molar-refractivity contribution in [1.82, 2.24) is 23.9 Å². The van der Waals surface area contributed by atoms with E-state index in [1.54, 1.807) is 25.3 Å². The second-order valence-electron chi connectivity index (χ2n) is 8.65. The molecular weight excluding hydrogens is 484 g/mol. The van der Waals surface area contributed by atoms with Crippen molar-refractivity contribution >= 4 is 51.8 Å². The Labute approximate surface area is 209 Å². The molecule has 4 aromatic heterocycles. The number of anilines is 3. The maximum atomic E-state index is 12.9. The minimum absolute atomic E-state index is 0.134. The summed E-state index contributed by atoms with van der Waals surface area (Å²) in [7, 11) is 3.83. The molecule has 0 radical (unpaired) electrons. The molecule has 1 aliphatic rings. The molecule has 0 aliphatic carbocycles. The summed E-state index contributed by atoms with van der Waals surface area (Å²) in [5.41, 5.74) is 0.823. The predicted molar refractivity (Wildman–Crippen MR) is 135 cm³/mol. The van der Waals surface area contributed by atoms with Crippen molar-refractivity contribution in [2.24, 2.45) is 5.92 Å². The standard InChI is InChI=1S/C23H22N8O4S/c1-12-6-17(30-8-13(9-30)21(33)27-16-5-4-14(7-24-16)29(2)3)28-20-18(12)19(32)15(22(34)35)10-31(20)23-25-11-26-36-23/h4-7,10-11,13H,8-9H2,1-3H3,(H,34,35)(H,24,27,33). The van der Waals surface area contributed by atoms with Crippen LogP contribution in [-0.4, -0.2) is 68.1 Å². The highest BCUT2D eigenvalue weighted by atomic mass is 32.1. The third-order valence-corrected chi connectivity index (χ3v) is 6.69. The van der Waals surface area contributed by atoms with Crippen molar-refractivity contribution in [2.75, 3.05) is 42.3 Å². The Kier molecular flexibility index (Phi) is 5.84. The van der Waals surface area contributed by atoms with Crippen LogP contribution >= 0.6 is 11.5 Å². The minimum atomic E-state index is -1.33. The molecule has 0 unspecified atom stereocenters. The first-order valence-corrected chi connectivity index (χ1v) is 11.8. The Morgan fingerprint density at radius 2 is 2.00 bits per heavy atom. The van der Waals surface area contributed by atoms with Gasteiger partial charge in [-0.05, 0) is 30.7 Å². The summed E-state index contributed by atoms with van der Waals surface area (Å²) in [6.07, 6.45) is 4.27. The van der Waals surface area contributed by atoms with Gasteiger partial charge >= 0.3 is 5.97 Å². The number of hydrogen-bond donors (Lipinski definition) is 2. The zero-order chi connectivity index (χ0) is 25.6. The fraction of sp³-hybridized carbons (Fsp3) is 0.261. The number of aromatic nitrogens is 5. The van der Waals surface area contributed by atoms with Gasteiger partial charge < -0.3 is 20.2 Å². The summed E-state index contributed by atoms with van der Waals surface area (Å²) < 4.78 is 5.45. The van der Waals surface area contributed by atoms with E-state index < -0.39 is 11.4 Å². The van der Waals surface area contributed by atoms with Gasteiger partial charge in [-0.15, -0.1) is 0 Å². The van der Waals surface area contributed by atoms with Crippen molar-refractivity contribution in [3.63, 3.8) is 0 Å². The van der Waals surface area contributed by atoms with Gasteiger partial charge in [0.05, 0.1) is 23.2 Å². The van der Waals surface area contributed by atoms with Crippen molar-refractivity contribution < 1.29 is 14.7 Å². The zero-order valence-electron chi connectivity index (χ0n) is 19.7. The fourth-order valence-corrected chi connectivity index (χ4v) is 4.51. The molecule has 13 heteroatoms. The van der Waals surface area contributed by atoms with E-state index in [1.165, 1.54) is 17.1 Å². The first-order valence-electron chi connectivity index (χ1n) is 11.0. The molecule has 0 atom stereocenters. The molecule has 1 fully saturated rings. The SMILES string of the molecule is Cc1cc(N2CC(C(=O)Nc3ccc(N(C)C)cn3)C2)nc2c1c(=O)c(C(=O)O)cn2-c1ncns1. The average Bonchev–Trinajstić information content (AvgIpc) is 3.33. The van der Waals surface area contributed by atoms with Gasteiger partial charge in [0.1, 0.15) is 23.5 Å². The topological polar surface area (TPSA) is 146 Å². The molecule has 1 aliphatic heterocycles. The van der Waals surface area contributed by atoms with Crippen molar-refractivity contribution in [2.45, 2.75) is 6.92 Å². The quantitative estimate of drug-likeness (QED) is 0.397. The lowest BCUT2D eigenvalue weighted by Gasteiger charge is -2.39. The lowest BCUT2D eigenvalue weighted by atomic mass is 9.98. The van der Waals surface area contributed by atoms with E-state index in [0.29, 0.717) is 35.4 Å². The molecule has 36 heavy (non-hydrogen) atoms. The minimum Gasteiger partial charge on any atom is -0.477 e. The number of aryl methyl sites for hydroxylation is 1. The summed E-state index contributed by atoms with van der Waals surface area (Å²) in [6, 6.07) is 5.37. The molecule has 0 saturated carbocycles. The first-order chi connectivity index (χ1) is 17.2. The Hall–Kier alpha value is -4.39. The number of amides is 1. The monoisotopic (exact) mass is 506 g/mol. The van der Waals surface area contributed by atoms with Gasteiger partial charge in [0.25, 0.3) is 0 Å². The van der Waals surface area contributed by atoms with Crippen LogP contribution in [-0.2, 0) is 4.79 Å². The van der Waals surface area contributed by atoms with Gasteiger partial charge in [-0.3, -0.25) is 14.2 Å². The molecular formula is C23H22N8O4S. The summed E-state index contributed by atoms with van der Waals surface area (Å²) >= 11 is 1.06. The first kappa shape index (κ1) is 23.4. The van der Waals surface area contributed by atoms with Gasteiger partial charge in [-0.2, -0.15) is 4.37 Å². The molecule has 1 saturated heterocycles. The third kappa shape index (κ3) is 4.13. The Bertz CT molecular complexity index is 1530. The maximum Gasteiger partial charge on any atom is 0.341 e. The van der Waals surface area contributed by atoms with E-state index in [2.05, 4.69) is 24.6 Å². The van der Waals surface area contributed by atoms with E-state index >= 15 is 0 Å². The summed E-state index contributed by atoms with van der Waals surface area (Å²) in [6.45, 7) is 2.61. The molecule has 1 amide bonds. The molecule has 5 rings (SSSR count). The molecule has 0 spiro atoms. The van der Waals surface area contributed by atoms with Crippen molar-refractivity contribution in [3.8, 4) is 5.13 Å². The van der Waals surface area contributed by atoms with Crippen LogP contribution in [0.15, 0.2) is 41.7 Å². The number of carboxylic acid groups (broad SMARTS) is 1. The fourth-order valence-electron chi connectivity index (χ4n) is 4.00. The number of aromatic carboxylic acids is 1. The van der Waals surface area contributed by atoms with Gasteiger partial charge in [-0.25, -0.2) is 19.7 Å². The lowest BCUT2D eigenvalue weighted by Crippen LogP contribution is -2.52. The van der Waals surface area contributed by atoms with Crippen LogP contribution in [0.2, 0.25) is 0 Å². The number of nitrogens with zero attached hydrogens (tertiary/aromatic N) is 7. The maximum absolute atomic E-state index is 12.9. The van der Waals surface area contributed by atoms with Crippen LogP contribution in [0.25, 0.3) is 16.2 Å². The van der Waals surface area contributed by atoms with Crippen LogP contribution in [0.5, 0.6) is 0 Å². The summed E-state index contributed by atoms with van der Waals surface area (Å²) in [5.74, 6) is -0.646. The highest BCUT2D eigenvalue weighted by Crippen LogP contribution is 2.28. The second kappa shape index (κ2) is 9.00. The van der Waals surface area contributed by atoms with Crippen molar-refractivity contribution in [3.05, 3.63) is 58.3 Å². The highest BCUT2D eigenvalue weighted by molar-refractivity contribution is 7.08. The molecule has 0 aromatic carbocycles. The van der Waals surface area contributed by atoms with E-state index in [0.717, 1.165) is 17.2 Å². The number of pyridine rings is 3. The van der Waals surface area contributed by atoms with Crippen LogP contribution < -0.4 is 20.5 Å². The third-order valence-electron chi connectivity index (χ3n) is 6.02. The molecule has 2 N–H and O–H groups in total. The second-order valence-corrected chi connectivity index (χ2v) is 9.41. The van der Waals surface area contributed by atoms with Gasteiger partial charge in [0.15, 0.2) is 5.65 Å². The van der Waals surface area contributed by atoms with E-state index in [1.807, 2.05) is 30.0 Å². The largest absolute Gasteiger partial charge is 0.477 e. The number of hydrogen-bond acceptors (Lipinski definition) is 10. The highest BCUT2D eigenvalue weighted by Gasteiger charge is 2.34. The molecule has 4 aromatic rings. The number of carbonyl (C=O) groups excluding carboxylic acids is 1. The molecule has 184 valence electrons. The van der Waals surface area contributed by atoms with Crippen LogP contribution in [0.3, 0.4) is 0 Å². The van der Waals surface area contributed by atoms with Crippen LogP contribution in [0, 0.1) is 12.8 Å². The Morgan fingerprint density at radius 3 is 2.61 bits per heavy atom. The van der Waals surface area contributed by atoms with E-state index in [-0.39, 0.29) is 28.4 Å². The summed E-state index contributed by atoms with van der Waals surface area (Å²) in [4.78, 5) is 54.3. The van der Waals surface area contributed by atoms with Gasteiger partial charge in [0, 0.05) is 44.9 Å². The van der Waals surface area contributed by atoms with Crippen LogP contribution in [0.1, 0.15) is 15.9 Å². The van der Waals surface area contributed by atoms with E-state index in [9.17, 15) is 19.5 Å². The lowest BCUT2D eigenvalue weighted by molar-refractivity contribution is -0.120. The summed E-state index contributed by atoms with van der Waals surface area (Å²) in [5, 5.41) is 13.0. The predicted octanol–water partition coefficient (Wildman–Crippen LogP) is 1.78. The van der Waals surface area contributed by atoms with Crippen molar-refractivity contribution in [1.29, 1.82) is 0 Å². The molecule has 12 nitrogen and oxygen atoms in total. The molecule has 5 heterocycles. The number of carbonyl (C=O) groups is 2. The number of nitrogens with one attached hydrogen (secondary N) is 1. The van der Waals surface area contributed by atoms with Gasteiger partial charge in [-0.1, -0.05) is 0 Å². The Balaban J connectivity index is 1.40. The van der Waals surface area contributed by atoms with Gasteiger partial charge in [0.2, 0.25) is 16.5 Å². The number of carboxylic acids is 1. The normalized spacial score (nSPS) is 13.5. The van der Waals surface area contributed by atoms with Crippen LogP contribution in [0.4, 0.5) is 17.3 Å². The average molecular weight is 507 g/mol.